The van der Waals surface area contributed by atoms with Gasteiger partial charge in [-0.25, -0.2) is 13.2 Å². The molecule has 128 valence electrons. The number of nitrogens with one attached hydrogen (secondary N) is 2. The van der Waals surface area contributed by atoms with Gasteiger partial charge in [-0.05, 0) is 36.2 Å². The quantitative estimate of drug-likeness (QED) is 0.431. The number of anilines is 2. The van der Waals surface area contributed by atoms with E-state index in [1.807, 2.05) is 6.92 Å². The molecule has 0 saturated carbocycles. The fraction of sp³-hybridized carbons (Fsp3) is 0.250. The molecule has 1 aromatic heterocycles. The first kappa shape index (κ1) is 17.7. The van der Waals surface area contributed by atoms with Crippen LogP contribution in [0.3, 0.4) is 0 Å². The number of thiol groups is 1. The predicted molar refractivity (Wildman–Crippen MR) is 94.0 cm³/mol. The number of hydrogen-bond acceptors (Lipinski definition) is 5. The van der Waals surface area contributed by atoms with Gasteiger partial charge in [0.05, 0.1) is 11.3 Å². The van der Waals surface area contributed by atoms with E-state index in [9.17, 15) is 18.3 Å². The molecule has 24 heavy (non-hydrogen) atoms. The molecule has 0 saturated heterocycles. The monoisotopic (exact) mass is 349 g/mol. The number of rotatable bonds is 8. The highest BCUT2D eigenvalue weighted by atomic mass is 32.2. The van der Waals surface area contributed by atoms with Gasteiger partial charge in [0.15, 0.2) is 0 Å². The predicted octanol–water partition coefficient (Wildman–Crippen LogP) is 2.60. The van der Waals surface area contributed by atoms with E-state index < -0.39 is 16.9 Å². The number of pyridine rings is 1. The number of unbranched alkanes of at least 4 members (excludes halogenated alkanes) is 1. The number of aromatic carboxylic acids is 1. The second kappa shape index (κ2) is 8.30. The van der Waals surface area contributed by atoms with Crippen LogP contribution in [0.1, 0.15) is 30.1 Å². The zero-order chi connectivity index (χ0) is 17.5. The molecule has 0 aliphatic carbocycles. The standard InChI is InChI=1S/C16H19N3O4S/c1-2-3-6-18-13-9-12(16(20)21)10-14(19-24(22)23)15(13)11-4-7-17-8-5-11/h4-5,7-10,18,24H,2-3,6H2,1H3,(H,20,21)(H,19,22,23). The van der Waals surface area contributed by atoms with E-state index >= 15 is 0 Å². The lowest BCUT2D eigenvalue weighted by molar-refractivity contribution is 0.0697. The van der Waals surface area contributed by atoms with Crippen molar-refractivity contribution in [1.82, 2.24) is 4.98 Å². The summed E-state index contributed by atoms with van der Waals surface area (Å²) in [6.45, 7) is 2.70. The molecular formula is C16H19N3O4S. The molecule has 0 atom stereocenters. The second-order valence-corrected chi connectivity index (χ2v) is 5.87. The number of carboxylic acid groups (broad SMARTS) is 1. The zero-order valence-electron chi connectivity index (χ0n) is 13.2. The van der Waals surface area contributed by atoms with Gasteiger partial charge in [-0.15, -0.1) is 0 Å². The van der Waals surface area contributed by atoms with Gasteiger partial charge < -0.3 is 10.4 Å². The molecule has 0 bridgehead atoms. The van der Waals surface area contributed by atoms with Gasteiger partial charge in [0, 0.05) is 30.2 Å². The summed E-state index contributed by atoms with van der Waals surface area (Å²) < 4.78 is 24.6. The Morgan fingerprint density at radius 3 is 2.46 bits per heavy atom. The molecule has 8 heteroatoms. The number of benzene rings is 1. The van der Waals surface area contributed by atoms with Crippen LogP contribution in [-0.2, 0) is 10.9 Å². The molecule has 3 N–H and O–H groups in total. The Bertz CT molecular complexity index is 783. The summed E-state index contributed by atoms with van der Waals surface area (Å²) in [6.07, 6.45) is 5.08. The number of carboxylic acids is 1. The van der Waals surface area contributed by atoms with Gasteiger partial charge in [-0.3, -0.25) is 9.71 Å². The molecule has 1 aromatic carbocycles. The lowest BCUT2D eigenvalue weighted by Crippen LogP contribution is -2.08. The molecule has 0 aliphatic heterocycles. The van der Waals surface area contributed by atoms with Gasteiger partial charge in [-0.1, -0.05) is 13.3 Å². The van der Waals surface area contributed by atoms with Crippen LogP contribution in [0.2, 0.25) is 0 Å². The minimum Gasteiger partial charge on any atom is -0.478 e. The van der Waals surface area contributed by atoms with Gasteiger partial charge in [0.1, 0.15) is 0 Å². The lowest BCUT2D eigenvalue weighted by atomic mass is 10.00. The Labute approximate surface area is 141 Å². The van der Waals surface area contributed by atoms with Crippen molar-refractivity contribution >= 4 is 28.2 Å². The van der Waals surface area contributed by atoms with E-state index in [-0.39, 0.29) is 11.3 Å². The Kier molecular flexibility index (Phi) is 6.14. The maximum atomic E-state index is 11.4. The van der Waals surface area contributed by atoms with E-state index in [1.54, 1.807) is 24.5 Å². The van der Waals surface area contributed by atoms with Crippen molar-refractivity contribution in [3.63, 3.8) is 0 Å². The highest BCUT2D eigenvalue weighted by molar-refractivity contribution is 7.73. The largest absolute Gasteiger partial charge is 0.478 e. The summed E-state index contributed by atoms with van der Waals surface area (Å²) in [4.78, 5) is 15.3. The van der Waals surface area contributed by atoms with Crippen LogP contribution in [0.15, 0.2) is 36.7 Å². The van der Waals surface area contributed by atoms with Gasteiger partial charge >= 0.3 is 5.97 Å². The third-order valence-corrected chi connectivity index (χ3v) is 3.84. The molecule has 0 amide bonds. The minimum absolute atomic E-state index is 0.00570. The fourth-order valence-electron chi connectivity index (χ4n) is 2.32. The summed E-state index contributed by atoms with van der Waals surface area (Å²) in [5.41, 5.74) is 2.12. The van der Waals surface area contributed by atoms with E-state index in [4.69, 9.17) is 0 Å². The summed E-state index contributed by atoms with van der Waals surface area (Å²) in [6, 6.07) is 6.30. The van der Waals surface area contributed by atoms with Crippen LogP contribution in [0.25, 0.3) is 11.1 Å². The first-order valence-corrected chi connectivity index (χ1v) is 8.67. The van der Waals surface area contributed by atoms with Crippen molar-refractivity contribution in [1.29, 1.82) is 0 Å². The molecular weight excluding hydrogens is 330 g/mol. The van der Waals surface area contributed by atoms with E-state index in [0.29, 0.717) is 17.8 Å². The number of aromatic nitrogens is 1. The summed E-state index contributed by atoms with van der Waals surface area (Å²) in [5.74, 6) is -1.13. The number of nitrogens with zero attached hydrogens (tertiary/aromatic N) is 1. The molecule has 0 spiro atoms. The molecule has 1 heterocycles. The van der Waals surface area contributed by atoms with Crippen LogP contribution >= 0.6 is 0 Å². The smallest absolute Gasteiger partial charge is 0.335 e. The van der Waals surface area contributed by atoms with E-state index in [1.165, 1.54) is 12.1 Å². The van der Waals surface area contributed by atoms with Crippen molar-refractivity contribution in [2.24, 2.45) is 0 Å². The van der Waals surface area contributed by atoms with Crippen molar-refractivity contribution in [3.8, 4) is 11.1 Å². The maximum absolute atomic E-state index is 11.4. The molecule has 2 aromatic rings. The lowest BCUT2D eigenvalue weighted by Gasteiger charge is -2.17. The average Bonchev–Trinajstić information content (AvgIpc) is 2.55. The summed E-state index contributed by atoms with van der Waals surface area (Å²) in [7, 11) is -2.93. The Hall–Kier alpha value is -2.61. The third kappa shape index (κ3) is 4.45. The van der Waals surface area contributed by atoms with Crippen LogP contribution in [0, 0.1) is 0 Å². The first-order chi connectivity index (χ1) is 11.5. The normalized spacial score (nSPS) is 10.6. The van der Waals surface area contributed by atoms with Crippen molar-refractivity contribution in [2.45, 2.75) is 19.8 Å². The summed E-state index contributed by atoms with van der Waals surface area (Å²) >= 11 is 0. The molecule has 7 nitrogen and oxygen atoms in total. The highest BCUT2D eigenvalue weighted by Gasteiger charge is 2.16. The van der Waals surface area contributed by atoms with E-state index in [2.05, 4.69) is 15.0 Å². The minimum atomic E-state index is -2.93. The summed E-state index contributed by atoms with van der Waals surface area (Å²) in [5, 5.41) is 12.5. The fourth-order valence-corrected chi connectivity index (χ4v) is 2.69. The maximum Gasteiger partial charge on any atom is 0.335 e. The van der Waals surface area contributed by atoms with Gasteiger partial charge in [0.25, 0.3) is 0 Å². The molecule has 0 unspecified atom stereocenters. The van der Waals surface area contributed by atoms with Gasteiger partial charge in [-0.2, -0.15) is 0 Å². The Balaban J connectivity index is 2.62. The zero-order valence-corrected chi connectivity index (χ0v) is 14.0. The average molecular weight is 349 g/mol. The number of hydrogen-bond donors (Lipinski definition) is 4. The molecule has 0 radical (unpaired) electrons. The van der Waals surface area contributed by atoms with Crippen LogP contribution < -0.4 is 10.0 Å². The SMILES string of the molecule is CCCCNc1cc(C(=O)O)cc(N[SH](=O)=O)c1-c1ccncc1. The molecule has 0 aliphatic rings. The number of carbonyl (C=O) groups is 1. The third-order valence-electron chi connectivity index (χ3n) is 3.41. The van der Waals surface area contributed by atoms with E-state index in [0.717, 1.165) is 18.4 Å². The molecule has 2 rings (SSSR count). The van der Waals surface area contributed by atoms with Crippen molar-refractivity contribution < 1.29 is 18.3 Å². The topological polar surface area (TPSA) is 108 Å². The first-order valence-electron chi connectivity index (χ1n) is 7.49. The molecule has 0 fully saturated rings. The highest BCUT2D eigenvalue weighted by Crippen LogP contribution is 2.36. The Morgan fingerprint density at radius 2 is 1.88 bits per heavy atom. The van der Waals surface area contributed by atoms with Crippen molar-refractivity contribution in [2.75, 3.05) is 16.6 Å². The van der Waals surface area contributed by atoms with Crippen LogP contribution in [0.4, 0.5) is 11.4 Å². The van der Waals surface area contributed by atoms with Crippen LogP contribution in [-0.4, -0.2) is 31.0 Å². The van der Waals surface area contributed by atoms with Crippen molar-refractivity contribution in [3.05, 3.63) is 42.2 Å². The van der Waals surface area contributed by atoms with Crippen LogP contribution in [0.5, 0.6) is 0 Å². The second-order valence-electron chi connectivity index (χ2n) is 5.14. The Morgan fingerprint density at radius 1 is 1.21 bits per heavy atom. The van der Waals surface area contributed by atoms with Gasteiger partial charge in [0.2, 0.25) is 10.9 Å².